The number of anilines is 1. The van der Waals surface area contributed by atoms with Crippen LogP contribution in [0.4, 0.5) is 5.69 Å². The van der Waals surface area contributed by atoms with Gasteiger partial charge in [-0.2, -0.15) is 5.10 Å². The van der Waals surface area contributed by atoms with Gasteiger partial charge in [0.05, 0.1) is 17.0 Å². The molecule has 1 saturated heterocycles. The smallest absolute Gasteiger partial charge is 0.257 e. The molecule has 1 fully saturated rings. The molecule has 0 atom stereocenters. The third kappa shape index (κ3) is 4.24. The van der Waals surface area contributed by atoms with Crippen molar-refractivity contribution in [2.24, 2.45) is 7.05 Å². The van der Waals surface area contributed by atoms with E-state index in [1.807, 2.05) is 51.2 Å². The molecule has 1 N–H and O–H groups in total. The first-order valence-electron chi connectivity index (χ1n) is 10.1. The molecule has 1 aliphatic heterocycles. The Balaban J connectivity index is 1.44. The number of fused-ring (bicyclic) bond motifs is 1. The van der Waals surface area contributed by atoms with Gasteiger partial charge in [-0.15, -0.1) is 0 Å². The largest absolute Gasteiger partial charge is 0.492 e. The van der Waals surface area contributed by atoms with Crippen molar-refractivity contribution in [1.82, 2.24) is 19.7 Å². The van der Waals surface area contributed by atoms with Crippen molar-refractivity contribution in [3.63, 3.8) is 0 Å². The minimum atomic E-state index is -0.186. The molecular formula is C22H27N5O2. The second-order valence-electron chi connectivity index (χ2n) is 7.58. The van der Waals surface area contributed by atoms with Crippen LogP contribution in [0.25, 0.3) is 11.0 Å². The summed E-state index contributed by atoms with van der Waals surface area (Å²) in [5.41, 5.74) is 3.57. The number of aryl methyl sites for hydroxylation is 3. The van der Waals surface area contributed by atoms with Gasteiger partial charge in [0.1, 0.15) is 12.4 Å². The van der Waals surface area contributed by atoms with Crippen LogP contribution in [0.3, 0.4) is 0 Å². The van der Waals surface area contributed by atoms with Crippen molar-refractivity contribution in [2.75, 3.05) is 31.6 Å². The Hall–Kier alpha value is -2.93. The SMILES string of the molecule is Cc1nc2c(cc1C(=O)Nc1cccc(OCCN3CCCC3)c1)c(C)nn2C. The molecule has 1 aliphatic rings. The molecule has 7 nitrogen and oxygen atoms in total. The Morgan fingerprint density at radius 1 is 1.17 bits per heavy atom. The van der Waals surface area contributed by atoms with Crippen LogP contribution >= 0.6 is 0 Å². The summed E-state index contributed by atoms with van der Waals surface area (Å²) in [7, 11) is 1.86. The van der Waals surface area contributed by atoms with Crippen LogP contribution in [0.15, 0.2) is 30.3 Å². The van der Waals surface area contributed by atoms with Gasteiger partial charge in [0.2, 0.25) is 0 Å². The number of amides is 1. The van der Waals surface area contributed by atoms with E-state index < -0.39 is 0 Å². The van der Waals surface area contributed by atoms with Crippen LogP contribution < -0.4 is 10.1 Å². The number of nitrogens with one attached hydrogen (secondary N) is 1. The predicted octanol–water partition coefficient (Wildman–Crippen LogP) is 3.31. The van der Waals surface area contributed by atoms with Gasteiger partial charge in [0.15, 0.2) is 5.65 Å². The van der Waals surface area contributed by atoms with E-state index >= 15 is 0 Å². The summed E-state index contributed by atoms with van der Waals surface area (Å²) in [5, 5.41) is 8.24. The Bertz CT molecular complexity index is 1040. The number of pyridine rings is 1. The summed E-state index contributed by atoms with van der Waals surface area (Å²) >= 11 is 0. The van der Waals surface area contributed by atoms with Gasteiger partial charge in [-0.25, -0.2) is 4.98 Å². The van der Waals surface area contributed by atoms with E-state index in [1.165, 1.54) is 12.8 Å². The molecule has 0 radical (unpaired) electrons. The summed E-state index contributed by atoms with van der Waals surface area (Å²) in [4.78, 5) is 19.8. The van der Waals surface area contributed by atoms with Gasteiger partial charge < -0.3 is 10.1 Å². The Kier molecular flexibility index (Phi) is 5.49. The summed E-state index contributed by atoms with van der Waals surface area (Å²) in [5.74, 6) is 0.574. The maximum absolute atomic E-state index is 12.9. The highest BCUT2D eigenvalue weighted by molar-refractivity contribution is 6.06. The van der Waals surface area contributed by atoms with Gasteiger partial charge in [0.25, 0.3) is 5.91 Å². The van der Waals surface area contributed by atoms with Crippen LogP contribution in [0.1, 0.15) is 34.6 Å². The zero-order valence-electron chi connectivity index (χ0n) is 17.2. The lowest BCUT2D eigenvalue weighted by Crippen LogP contribution is -2.25. The molecule has 4 rings (SSSR count). The highest BCUT2D eigenvalue weighted by atomic mass is 16.5. The molecule has 1 amide bonds. The molecule has 0 bridgehead atoms. The fraction of sp³-hybridized carbons (Fsp3) is 0.409. The number of hydrogen-bond donors (Lipinski definition) is 1. The third-order valence-electron chi connectivity index (χ3n) is 5.40. The molecule has 1 aromatic carbocycles. The van der Waals surface area contributed by atoms with E-state index in [4.69, 9.17) is 4.74 Å². The lowest BCUT2D eigenvalue weighted by Gasteiger charge is -2.15. The lowest BCUT2D eigenvalue weighted by atomic mass is 10.1. The minimum absolute atomic E-state index is 0.186. The molecule has 0 unspecified atom stereocenters. The quantitative estimate of drug-likeness (QED) is 0.696. The van der Waals surface area contributed by atoms with Crippen molar-refractivity contribution in [3.8, 4) is 5.75 Å². The highest BCUT2D eigenvalue weighted by Gasteiger charge is 2.16. The van der Waals surface area contributed by atoms with Gasteiger partial charge in [0, 0.05) is 30.7 Å². The molecule has 152 valence electrons. The number of ether oxygens (including phenoxy) is 1. The standard InChI is InChI=1S/C22H27N5O2/c1-15-20(14-19-16(2)25-26(3)21(19)23-15)22(28)24-17-7-6-8-18(13-17)29-12-11-27-9-4-5-10-27/h6-8,13-14H,4-5,9-12H2,1-3H3,(H,24,28). The van der Waals surface area contributed by atoms with Crippen molar-refractivity contribution < 1.29 is 9.53 Å². The van der Waals surface area contributed by atoms with Gasteiger partial charge in [-0.05, 0) is 58.0 Å². The number of aromatic nitrogens is 3. The first-order chi connectivity index (χ1) is 14.0. The van der Waals surface area contributed by atoms with Gasteiger partial charge >= 0.3 is 0 Å². The number of hydrogen-bond acceptors (Lipinski definition) is 5. The van der Waals surface area contributed by atoms with Crippen molar-refractivity contribution >= 4 is 22.6 Å². The van der Waals surface area contributed by atoms with Crippen LogP contribution in [-0.2, 0) is 7.05 Å². The number of benzene rings is 1. The molecule has 0 aliphatic carbocycles. The summed E-state index contributed by atoms with van der Waals surface area (Å²) in [6.07, 6.45) is 2.56. The molecule has 0 spiro atoms. The molecular weight excluding hydrogens is 366 g/mol. The van der Waals surface area contributed by atoms with E-state index in [9.17, 15) is 4.79 Å². The van der Waals surface area contributed by atoms with Crippen molar-refractivity contribution in [2.45, 2.75) is 26.7 Å². The minimum Gasteiger partial charge on any atom is -0.492 e. The van der Waals surface area contributed by atoms with E-state index in [0.29, 0.717) is 23.6 Å². The number of likely N-dealkylation sites (tertiary alicyclic amines) is 1. The summed E-state index contributed by atoms with van der Waals surface area (Å²) in [6, 6.07) is 9.39. The fourth-order valence-electron chi connectivity index (χ4n) is 3.82. The average Bonchev–Trinajstić information content (AvgIpc) is 3.30. The number of nitrogens with zero attached hydrogens (tertiary/aromatic N) is 4. The van der Waals surface area contributed by atoms with E-state index in [2.05, 4.69) is 20.3 Å². The average molecular weight is 393 g/mol. The molecule has 3 heterocycles. The summed E-state index contributed by atoms with van der Waals surface area (Å²) in [6.45, 7) is 7.67. The van der Waals surface area contributed by atoms with Crippen molar-refractivity contribution in [1.29, 1.82) is 0 Å². The van der Waals surface area contributed by atoms with Gasteiger partial charge in [-0.3, -0.25) is 14.4 Å². The first kappa shape index (κ1) is 19.4. The second kappa shape index (κ2) is 8.21. The zero-order valence-corrected chi connectivity index (χ0v) is 17.2. The molecule has 29 heavy (non-hydrogen) atoms. The fourth-order valence-corrected chi connectivity index (χ4v) is 3.82. The van der Waals surface area contributed by atoms with Crippen LogP contribution in [0, 0.1) is 13.8 Å². The van der Waals surface area contributed by atoms with Crippen LogP contribution in [0.2, 0.25) is 0 Å². The third-order valence-corrected chi connectivity index (χ3v) is 5.40. The van der Waals surface area contributed by atoms with Crippen molar-refractivity contribution in [3.05, 3.63) is 47.3 Å². The number of carbonyl (C=O) groups is 1. The Labute approximate surface area is 170 Å². The van der Waals surface area contributed by atoms with Crippen LogP contribution in [-0.4, -0.2) is 51.8 Å². The van der Waals surface area contributed by atoms with Gasteiger partial charge in [-0.1, -0.05) is 6.07 Å². The normalized spacial score (nSPS) is 14.4. The van der Waals surface area contributed by atoms with Crippen LogP contribution in [0.5, 0.6) is 5.75 Å². The predicted molar refractivity (Wildman–Crippen MR) is 114 cm³/mol. The van der Waals surface area contributed by atoms with E-state index in [-0.39, 0.29) is 5.91 Å². The first-order valence-corrected chi connectivity index (χ1v) is 10.1. The second-order valence-corrected chi connectivity index (χ2v) is 7.58. The maximum Gasteiger partial charge on any atom is 0.257 e. The summed E-state index contributed by atoms with van der Waals surface area (Å²) < 4.78 is 7.62. The molecule has 2 aromatic heterocycles. The number of carbonyl (C=O) groups excluding carboxylic acids is 1. The zero-order chi connectivity index (χ0) is 20.4. The Morgan fingerprint density at radius 3 is 2.76 bits per heavy atom. The molecule has 0 saturated carbocycles. The highest BCUT2D eigenvalue weighted by Crippen LogP contribution is 2.22. The molecule has 7 heteroatoms. The number of rotatable bonds is 6. The van der Waals surface area contributed by atoms with E-state index in [1.54, 1.807) is 4.68 Å². The molecule has 3 aromatic rings. The monoisotopic (exact) mass is 393 g/mol. The van der Waals surface area contributed by atoms with E-state index in [0.717, 1.165) is 42.1 Å². The topological polar surface area (TPSA) is 72.3 Å². The maximum atomic E-state index is 12.9. The Morgan fingerprint density at radius 2 is 1.97 bits per heavy atom. The lowest BCUT2D eigenvalue weighted by molar-refractivity contribution is 0.102.